The Morgan fingerprint density at radius 1 is 0.933 bits per heavy atom. The molecule has 45 heavy (non-hydrogen) atoms. The maximum atomic E-state index is 14.5. The molecule has 1 aromatic heterocycles. The second kappa shape index (κ2) is 12.7. The number of hydrogen-bond donors (Lipinski definition) is 0. The van der Waals surface area contributed by atoms with E-state index in [-0.39, 0.29) is 17.7 Å². The molecule has 0 aliphatic carbocycles. The van der Waals surface area contributed by atoms with Crippen LogP contribution in [0, 0.1) is 0 Å². The Labute approximate surface area is 271 Å². The van der Waals surface area contributed by atoms with Crippen molar-refractivity contribution in [3.05, 3.63) is 125 Å². The van der Waals surface area contributed by atoms with Crippen molar-refractivity contribution in [2.75, 3.05) is 27.9 Å². The molecule has 1 aliphatic rings. The van der Waals surface area contributed by atoms with Crippen molar-refractivity contribution in [1.82, 2.24) is 4.57 Å². The maximum absolute atomic E-state index is 14.5. The first-order chi connectivity index (χ1) is 21.9. The summed E-state index contributed by atoms with van der Waals surface area (Å²) in [5.74, 6) is 1.05. The Morgan fingerprint density at radius 2 is 1.62 bits per heavy atom. The van der Waals surface area contributed by atoms with E-state index in [1.54, 1.807) is 51.0 Å². The number of hydrogen-bond acceptors (Lipinski definition) is 8. The van der Waals surface area contributed by atoms with Gasteiger partial charge < -0.3 is 18.9 Å². The molecule has 0 radical (unpaired) electrons. The van der Waals surface area contributed by atoms with Gasteiger partial charge in [-0.3, -0.25) is 9.36 Å². The van der Waals surface area contributed by atoms with Crippen molar-refractivity contribution in [1.29, 1.82) is 0 Å². The van der Waals surface area contributed by atoms with E-state index in [9.17, 15) is 9.59 Å². The fourth-order valence-corrected chi connectivity index (χ4v) is 7.00. The molecule has 0 saturated heterocycles. The van der Waals surface area contributed by atoms with Crippen LogP contribution >= 0.6 is 27.3 Å². The van der Waals surface area contributed by atoms with Gasteiger partial charge in [-0.2, -0.15) is 0 Å². The van der Waals surface area contributed by atoms with E-state index in [0.29, 0.717) is 43.4 Å². The molecule has 0 bridgehead atoms. The summed E-state index contributed by atoms with van der Waals surface area (Å²) in [7, 11) is 4.70. The summed E-state index contributed by atoms with van der Waals surface area (Å²) in [6.07, 6.45) is 1.78. The molecule has 0 saturated carbocycles. The topological polar surface area (TPSA) is 88.4 Å². The lowest BCUT2D eigenvalue weighted by atomic mass is 9.89. The van der Waals surface area contributed by atoms with E-state index in [1.807, 2.05) is 66.7 Å². The van der Waals surface area contributed by atoms with Crippen LogP contribution in [0.15, 0.2) is 98.7 Å². The Kier molecular flexibility index (Phi) is 8.60. The predicted molar refractivity (Wildman–Crippen MR) is 179 cm³/mol. The van der Waals surface area contributed by atoms with Crippen molar-refractivity contribution in [2.24, 2.45) is 4.99 Å². The molecule has 1 aliphatic heterocycles. The molecular weight excluding hydrogens is 656 g/mol. The molecule has 0 spiro atoms. The first kappa shape index (κ1) is 30.4. The van der Waals surface area contributed by atoms with Crippen LogP contribution in [0.4, 0.5) is 0 Å². The van der Waals surface area contributed by atoms with E-state index < -0.39 is 12.0 Å². The molecule has 1 atom stereocenters. The van der Waals surface area contributed by atoms with Gasteiger partial charge in [-0.25, -0.2) is 9.79 Å². The number of rotatable bonds is 8. The van der Waals surface area contributed by atoms with Gasteiger partial charge in [0.1, 0.15) is 11.8 Å². The van der Waals surface area contributed by atoms with Gasteiger partial charge in [0.2, 0.25) is 0 Å². The van der Waals surface area contributed by atoms with Gasteiger partial charge in [-0.1, -0.05) is 87.9 Å². The number of nitrogens with zero attached hydrogens (tertiary/aromatic N) is 2. The zero-order valence-corrected chi connectivity index (χ0v) is 27.4. The highest BCUT2D eigenvalue weighted by atomic mass is 79.9. The van der Waals surface area contributed by atoms with Gasteiger partial charge >= 0.3 is 5.97 Å². The number of benzene rings is 4. The summed E-state index contributed by atoms with van der Waals surface area (Å²) in [5, 5.41) is 1.78. The predicted octanol–water partition coefficient (Wildman–Crippen LogP) is 5.88. The standard InChI is InChI=1S/C35H29BrN2O6S/c1-5-44-34(40)30-31(21-12-7-6-8-13-21)37-35-38(32(30)29-23-14-10-9-11-20(23)15-16-25(29)41-2)33(39)28(45-35)18-22-17-26(42-3)27(43-4)19-24(22)36/h6-19,32H,5H2,1-4H3/b28-18+/t32-/m0/s1. The third kappa shape index (κ3) is 5.44. The Hall–Kier alpha value is -4.67. The SMILES string of the molecule is CCOC(=O)C1=C(c2ccccc2)N=c2s/c(=C/c3cc(OC)c(OC)cc3Br)c(=O)n2[C@H]1c1c(OC)ccc2ccccc12. The van der Waals surface area contributed by atoms with Gasteiger partial charge in [-0.15, -0.1) is 0 Å². The lowest BCUT2D eigenvalue weighted by Crippen LogP contribution is -2.40. The van der Waals surface area contributed by atoms with Crippen LogP contribution in [-0.4, -0.2) is 38.5 Å². The number of thiazole rings is 1. The average molecular weight is 686 g/mol. The van der Waals surface area contributed by atoms with Crippen molar-refractivity contribution < 1.29 is 23.7 Å². The molecule has 0 N–H and O–H groups in total. The minimum Gasteiger partial charge on any atom is -0.496 e. The zero-order valence-electron chi connectivity index (χ0n) is 25.0. The van der Waals surface area contributed by atoms with Crippen molar-refractivity contribution in [2.45, 2.75) is 13.0 Å². The van der Waals surface area contributed by atoms with E-state index >= 15 is 0 Å². The molecule has 2 heterocycles. The highest BCUT2D eigenvalue weighted by Gasteiger charge is 2.37. The van der Waals surface area contributed by atoms with Gasteiger partial charge in [0.15, 0.2) is 16.3 Å². The summed E-state index contributed by atoms with van der Waals surface area (Å²) in [4.78, 5) is 33.9. The quantitative estimate of drug-likeness (QED) is 0.190. The van der Waals surface area contributed by atoms with Gasteiger partial charge in [0.05, 0.1) is 43.7 Å². The zero-order chi connectivity index (χ0) is 31.7. The molecule has 4 aromatic carbocycles. The minimum absolute atomic E-state index is 0.154. The summed E-state index contributed by atoms with van der Waals surface area (Å²) < 4.78 is 25.2. The molecule has 10 heteroatoms. The van der Waals surface area contributed by atoms with Gasteiger partial charge in [-0.05, 0) is 47.5 Å². The average Bonchev–Trinajstić information content (AvgIpc) is 3.38. The number of esters is 1. The Bertz CT molecular complexity index is 2150. The highest BCUT2D eigenvalue weighted by molar-refractivity contribution is 9.10. The highest BCUT2D eigenvalue weighted by Crippen LogP contribution is 2.42. The number of carbonyl (C=O) groups is 1. The van der Waals surface area contributed by atoms with Crippen LogP contribution in [0.2, 0.25) is 0 Å². The summed E-state index contributed by atoms with van der Waals surface area (Å²) in [6.45, 7) is 1.91. The van der Waals surface area contributed by atoms with E-state index in [4.69, 9.17) is 23.9 Å². The molecular formula is C35H29BrN2O6S. The van der Waals surface area contributed by atoms with Crippen LogP contribution in [-0.2, 0) is 9.53 Å². The van der Waals surface area contributed by atoms with E-state index in [2.05, 4.69) is 15.9 Å². The number of methoxy groups -OCH3 is 3. The fraction of sp³-hybridized carbons (Fsp3) is 0.171. The second-order valence-corrected chi connectivity index (χ2v) is 11.9. The Balaban J connectivity index is 1.73. The molecule has 8 nitrogen and oxygen atoms in total. The summed E-state index contributed by atoms with van der Waals surface area (Å²) in [5.41, 5.74) is 2.49. The Morgan fingerprint density at radius 3 is 2.33 bits per heavy atom. The van der Waals surface area contributed by atoms with Crippen LogP contribution in [0.25, 0.3) is 22.5 Å². The molecule has 228 valence electrons. The van der Waals surface area contributed by atoms with E-state index in [0.717, 1.165) is 20.8 Å². The lowest BCUT2D eigenvalue weighted by molar-refractivity contribution is -0.138. The van der Waals surface area contributed by atoms with Crippen LogP contribution < -0.4 is 29.1 Å². The number of halogens is 1. The number of aromatic nitrogens is 1. The normalized spacial score (nSPS) is 14.6. The first-order valence-corrected chi connectivity index (χ1v) is 15.8. The van der Waals surface area contributed by atoms with Gasteiger partial charge in [0.25, 0.3) is 5.56 Å². The molecule has 6 rings (SSSR count). The number of fused-ring (bicyclic) bond motifs is 2. The molecule has 0 unspecified atom stereocenters. The van der Waals surface area contributed by atoms with Crippen molar-refractivity contribution in [3.63, 3.8) is 0 Å². The number of ether oxygens (including phenoxy) is 4. The molecule has 5 aromatic rings. The largest absolute Gasteiger partial charge is 0.496 e. The van der Waals surface area contributed by atoms with Crippen LogP contribution in [0.5, 0.6) is 17.2 Å². The monoisotopic (exact) mass is 684 g/mol. The van der Waals surface area contributed by atoms with Crippen molar-refractivity contribution in [3.8, 4) is 17.2 Å². The minimum atomic E-state index is -0.896. The third-order valence-corrected chi connectivity index (χ3v) is 9.26. The maximum Gasteiger partial charge on any atom is 0.338 e. The van der Waals surface area contributed by atoms with Crippen LogP contribution in [0.3, 0.4) is 0 Å². The van der Waals surface area contributed by atoms with Crippen LogP contribution in [0.1, 0.15) is 29.7 Å². The summed E-state index contributed by atoms with van der Waals surface area (Å²) in [6, 6.07) is 23.8. The lowest BCUT2D eigenvalue weighted by Gasteiger charge is -2.28. The second-order valence-electron chi connectivity index (χ2n) is 10.1. The molecule has 0 amide bonds. The van der Waals surface area contributed by atoms with Crippen molar-refractivity contribution >= 4 is 55.8 Å². The summed E-state index contributed by atoms with van der Waals surface area (Å²) >= 11 is 4.85. The third-order valence-electron chi connectivity index (χ3n) is 7.59. The van der Waals surface area contributed by atoms with E-state index in [1.165, 1.54) is 11.3 Å². The smallest absolute Gasteiger partial charge is 0.338 e. The first-order valence-electron chi connectivity index (χ1n) is 14.2. The van der Waals surface area contributed by atoms with Gasteiger partial charge in [0, 0.05) is 15.6 Å². The molecule has 0 fully saturated rings. The fourth-order valence-electron chi connectivity index (χ4n) is 5.57. The number of carbonyl (C=O) groups excluding carboxylic acids is 1.